The number of nitrogens with one attached hydrogen (secondary N) is 1. The number of allylic oxidation sites excluding steroid dienone is 1. The van der Waals surface area contributed by atoms with Crippen LogP contribution in [0, 0.1) is 6.92 Å². The van der Waals surface area contributed by atoms with Crippen molar-refractivity contribution in [2.45, 2.75) is 56.6 Å². The number of piperidine rings is 1. The molecule has 1 saturated heterocycles. The predicted molar refractivity (Wildman–Crippen MR) is 161 cm³/mol. The lowest BCUT2D eigenvalue weighted by molar-refractivity contribution is -0.133. The quantitative estimate of drug-likeness (QED) is 0.307. The summed E-state index contributed by atoms with van der Waals surface area (Å²) in [6.07, 6.45) is -0.769. The number of anilines is 1. The van der Waals surface area contributed by atoms with Crippen molar-refractivity contribution in [2.24, 2.45) is 0 Å². The van der Waals surface area contributed by atoms with Crippen molar-refractivity contribution in [1.29, 1.82) is 0 Å². The van der Waals surface area contributed by atoms with Crippen LogP contribution in [-0.4, -0.2) is 55.6 Å². The third kappa shape index (κ3) is 6.38. The molecule has 44 heavy (non-hydrogen) atoms. The predicted octanol–water partition coefficient (Wildman–Crippen LogP) is 5.87. The Morgan fingerprint density at radius 2 is 1.75 bits per heavy atom. The average molecular weight is 627 g/mol. The van der Waals surface area contributed by atoms with Gasteiger partial charge in [0.1, 0.15) is 18.2 Å². The van der Waals surface area contributed by atoms with Crippen LogP contribution in [0.1, 0.15) is 48.3 Å². The van der Waals surface area contributed by atoms with Crippen LogP contribution in [0.4, 0.5) is 19.0 Å². The highest BCUT2D eigenvalue weighted by Gasteiger charge is 2.46. The smallest absolute Gasteiger partial charge is 0.433 e. The zero-order chi connectivity index (χ0) is 31.0. The van der Waals surface area contributed by atoms with E-state index in [2.05, 4.69) is 26.8 Å². The van der Waals surface area contributed by atoms with Crippen molar-refractivity contribution in [3.63, 3.8) is 0 Å². The van der Waals surface area contributed by atoms with E-state index < -0.39 is 40.9 Å². The minimum absolute atomic E-state index is 0.0845. The Morgan fingerprint density at radius 3 is 2.41 bits per heavy atom. The third-order valence-corrected chi connectivity index (χ3v) is 10.2. The summed E-state index contributed by atoms with van der Waals surface area (Å²) in [5.74, 6) is -0.732. The summed E-state index contributed by atoms with van der Waals surface area (Å²) in [6, 6.07) is 18.5. The van der Waals surface area contributed by atoms with Crippen LogP contribution in [0.15, 0.2) is 71.9 Å². The van der Waals surface area contributed by atoms with E-state index in [9.17, 15) is 27.3 Å². The molecule has 6 rings (SSSR count). The first-order valence-corrected chi connectivity index (χ1v) is 15.8. The van der Waals surface area contributed by atoms with Gasteiger partial charge in [-0.3, -0.25) is 5.01 Å². The van der Waals surface area contributed by atoms with Crippen molar-refractivity contribution >= 4 is 22.8 Å². The second-order valence-corrected chi connectivity index (χ2v) is 13.1. The van der Waals surface area contributed by atoms with Gasteiger partial charge < -0.3 is 9.84 Å². The number of benzene rings is 2. The number of carbonyl (C=O) groups is 1. The Morgan fingerprint density at radius 1 is 1.05 bits per heavy atom. The normalized spacial score (nSPS) is 19.0. The molecule has 0 amide bonds. The molecular weight excluding hydrogens is 593 g/mol. The van der Waals surface area contributed by atoms with Gasteiger partial charge in [-0.15, -0.1) is 0 Å². The molecule has 0 bridgehead atoms. The van der Waals surface area contributed by atoms with Crippen LogP contribution in [-0.2, 0) is 22.4 Å². The second-order valence-electron chi connectivity index (χ2n) is 11.3. The van der Waals surface area contributed by atoms with Crippen LogP contribution in [0.2, 0.25) is 0 Å². The molecule has 3 aliphatic rings. The maximum atomic E-state index is 13.8. The number of hydrazine groups is 1. The lowest BCUT2D eigenvalue weighted by Gasteiger charge is -2.31. The van der Waals surface area contributed by atoms with Crippen molar-refractivity contribution in [2.75, 3.05) is 24.6 Å². The van der Waals surface area contributed by atoms with Gasteiger partial charge in [-0.25, -0.2) is 23.7 Å². The largest absolute Gasteiger partial charge is 0.488 e. The molecule has 1 unspecified atom stereocenters. The van der Waals surface area contributed by atoms with Gasteiger partial charge in [-0.2, -0.15) is 13.2 Å². The average Bonchev–Trinajstić information content (AvgIpc) is 3.76. The number of pyridine rings is 1. The van der Waals surface area contributed by atoms with Gasteiger partial charge in [0.05, 0.1) is 22.3 Å². The summed E-state index contributed by atoms with van der Waals surface area (Å²) in [5.41, 5.74) is 4.50. The van der Waals surface area contributed by atoms with E-state index in [0.29, 0.717) is 33.2 Å². The van der Waals surface area contributed by atoms with Gasteiger partial charge in [-0.05, 0) is 73.4 Å². The number of para-hydroxylation sites is 1. The molecule has 2 aliphatic heterocycles. The summed E-state index contributed by atoms with van der Waals surface area (Å²) >= 11 is 0. The molecule has 3 aromatic rings. The van der Waals surface area contributed by atoms with Crippen molar-refractivity contribution in [3.8, 4) is 17.0 Å². The molecule has 1 aliphatic carbocycles. The zero-order valence-electron chi connectivity index (χ0n) is 24.1. The molecule has 1 atom stereocenters. The van der Waals surface area contributed by atoms with Crippen LogP contribution in [0.25, 0.3) is 11.3 Å². The van der Waals surface area contributed by atoms with Crippen LogP contribution in [0.3, 0.4) is 0 Å². The van der Waals surface area contributed by atoms with E-state index >= 15 is 0 Å². The van der Waals surface area contributed by atoms with E-state index in [1.165, 1.54) is 11.6 Å². The maximum Gasteiger partial charge on any atom is 0.433 e. The molecule has 232 valence electrons. The summed E-state index contributed by atoms with van der Waals surface area (Å²) in [6.45, 7) is 3.40. The fourth-order valence-corrected chi connectivity index (χ4v) is 7.29. The van der Waals surface area contributed by atoms with Gasteiger partial charge in [0.15, 0.2) is 5.70 Å². The molecule has 1 saturated carbocycles. The minimum atomic E-state index is -4.89. The Hall–Kier alpha value is -3.74. The van der Waals surface area contributed by atoms with Gasteiger partial charge in [0, 0.05) is 30.4 Å². The van der Waals surface area contributed by atoms with Gasteiger partial charge in [0.2, 0.25) is 0 Å². The molecule has 8 nitrogen and oxygen atoms in total. The van der Waals surface area contributed by atoms with Gasteiger partial charge in [-0.1, -0.05) is 42.5 Å². The monoisotopic (exact) mass is 626 g/mol. The van der Waals surface area contributed by atoms with E-state index in [1.807, 2.05) is 31.2 Å². The lowest BCUT2D eigenvalue weighted by atomic mass is 9.90. The fourth-order valence-electron chi connectivity index (χ4n) is 5.76. The van der Waals surface area contributed by atoms with E-state index in [4.69, 9.17) is 4.74 Å². The molecule has 0 spiro atoms. The number of ether oxygens (including phenoxy) is 1. The van der Waals surface area contributed by atoms with Crippen LogP contribution in [0.5, 0.6) is 5.75 Å². The number of nitrogens with zero attached hydrogens (tertiary/aromatic N) is 3. The standard InChI is InChI=1S/C32H33F3N4O4S/c1-20-4-2-5-25(27-6-3-7-28(37-27)39-30(32(33,34)35)26(18-36-39)31(40)41)29(20)43-19-21-8-10-22(11-9-21)23-14-16-38(17-15-23)44(42)24-12-13-24/h2-11,23-24,36H,12-19H2,1H3,(H,40,41). The summed E-state index contributed by atoms with van der Waals surface area (Å²) in [7, 11) is -0.833. The number of rotatable bonds is 9. The first kappa shape index (κ1) is 30.3. The van der Waals surface area contributed by atoms with Crippen molar-refractivity contribution < 1.29 is 32.0 Å². The molecule has 1 aromatic heterocycles. The number of carboxylic acid groups (broad SMARTS) is 1. The number of aryl methyl sites for hydroxylation is 1. The Balaban J connectivity index is 1.16. The molecule has 12 heteroatoms. The number of aliphatic carboxylic acids is 1. The summed E-state index contributed by atoms with van der Waals surface area (Å²) in [4.78, 5) is 15.9. The second kappa shape index (κ2) is 12.3. The van der Waals surface area contributed by atoms with Crippen LogP contribution < -0.4 is 15.2 Å². The number of halogens is 3. The fraction of sp³-hybridized carbons (Fsp3) is 0.375. The molecule has 2 fully saturated rings. The first-order chi connectivity index (χ1) is 21.1. The van der Waals surface area contributed by atoms with Crippen molar-refractivity contribution in [1.82, 2.24) is 14.7 Å². The molecule has 2 N–H and O–H groups in total. The Labute approximate surface area is 256 Å². The number of alkyl halides is 3. The highest BCUT2D eigenvalue weighted by Crippen LogP contribution is 2.38. The van der Waals surface area contributed by atoms with Gasteiger partial charge in [0.25, 0.3) is 0 Å². The maximum absolute atomic E-state index is 13.8. The number of hydrogen-bond donors (Lipinski definition) is 2. The highest BCUT2D eigenvalue weighted by molar-refractivity contribution is 7.83. The summed E-state index contributed by atoms with van der Waals surface area (Å²) < 4.78 is 62.4. The summed E-state index contributed by atoms with van der Waals surface area (Å²) in [5, 5.41) is 10.4. The Kier molecular flexibility index (Phi) is 8.49. The highest BCUT2D eigenvalue weighted by atomic mass is 32.2. The van der Waals surface area contributed by atoms with E-state index in [0.717, 1.165) is 49.9 Å². The minimum Gasteiger partial charge on any atom is -0.488 e. The van der Waals surface area contributed by atoms with Gasteiger partial charge >= 0.3 is 12.1 Å². The zero-order valence-corrected chi connectivity index (χ0v) is 25.0. The molecular formula is C32H33F3N4O4S. The van der Waals surface area contributed by atoms with Crippen molar-refractivity contribution in [3.05, 3.63) is 88.6 Å². The number of hydrogen-bond acceptors (Lipinski definition) is 6. The number of carboxylic acids is 1. The van der Waals surface area contributed by atoms with E-state index in [1.54, 1.807) is 18.2 Å². The Bertz CT molecular complexity index is 1600. The number of aromatic nitrogens is 1. The first-order valence-electron chi connectivity index (χ1n) is 14.6. The molecule has 0 radical (unpaired) electrons. The molecule has 2 aromatic carbocycles. The third-order valence-electron chi connectivity index (χ3n) is 8.25. The topological polar surface area (TPSA) is 95.0 Å². The SMILES string of the molecule is Cc1cccc(-c2cccc(N3NCC(C(=O)O)=C3C(F)(F)F)n2)c1OCc1ccc(C2CCN(S(=O)C3CC3)CC2)cc1. The lowest BCUT2D eigenvalue weighted by Crippen LogP contribution is -2.37. The van der Waals surface area contributed by atoms with E-state index in [-0.39, 0.29) is 12.4 Å². The van der Waals surface area contributed by atoms with Crippen LogP contribution >= 0.6 is 0 Å². The molecule has 3 heterocycles.